The van der Waals surface area contributed by atoms with E-state index in [1.165, 1.54) is 0 Å². The van der Waals surface area contributed by atoms with Crippen LogP contribution in [0, 0.1) is 0 Å². The van der Waals surface area contributed by atoms with Crippen LogP contribution in [0.25, 0.3) is 11.0 Å². The van der Waals surface area contributed by atoms with E-state index in [2.05, 4.69) is 11.2 Å². The van der Waals surface area contributed by atoms with E-state index in [0.717, 1.165) is 23.3 Å². The summed E-state index contributed by atoms with van der Waals surface area (Å²) in [5.74, 6) is 2.87. The van der Waals surface area contributed by atoms with Crippen molar-refractivity contribution >= 4 is 28.7 Å². The normalized spacial score (nSPS) is 10.8. The number of nitrogen functional groups attached to an aromatic ring is 1. The first kappa shape index (κ1) is 12.9. The molecule has 0 fully saturated rings. The predicted molar refractivity (Wildman–Crippen MR) is 75.6 cm³/mol. The van der Waals surface area contributed by atoms with E-state index in [-0.39, 0.29) is 0 Å². The standard InChI is InChI=1S/C12H17N3O2S/c1-16-10-6-8-9(7-11(10)17-2)15(4-5-18-3)12(13)14-8/h6-7H,4-5H2,1-3H3,(H2,13,14). The van der Waals surface area contributed by atoms with Gasteiger partial charge in [0.1, 0.15) is 0 Å². The maximum Gasteiger partial charge on any atom is 0.201 e. The molecule has 0 radical (unpaired) electrons. The van der Waals surface area contributed by atoms with Crippen LogP contribution in [-0.2, 0) is 6.54 Å². The molecule has 2 rings (SSSR count). The van der Waals surface area contributed by atoms with E-state index >= 15 is 0 Å². The summed E-state index contributed by atoms with van der Waals surface area (Å²) in [6, 6.07) is 3.76. The number of hydrogen-bond donors (Lipinski definition) is 1. The number of aromatic nitrogens is 2. The summed E-state index contributed by atoms with van der Waals surface area (Å²) in [6.45, 7) is 0.832. The Bertz CT molecular complexity index is 554. The Balaban J connectivity index is 2.55. The Morgan fingerprint density at radius 2 is 1.94 bits per heavy atom. The summed E-state index contributed by atoms with van der Waals surface area (Å²) in [6.07, 6.45) is 2.07. The molecule has 0 saturated heterocycles. The van der Waals surface area contributed by atoms with Crippen molar-refractivity contribution in [2.45, 2.75) is 6.54 Å². The number of imidazole rings is 1. The smallest absolute Gasteiger partial charge is 0.201 e. The first-order valence-corrected chi connectivity index (χ1v) is 6.97. The Morgan fingerprint density at radius 1 is 1.28 bits per heavy atom. The molecule has 1 aromatic heterocycles. The lowest BCUT2D eigenvalue weighted by Crippen LogP contribution is -2.05. The number of rotatable bonds is 5. The second kappa shape index (κ2) is 5.39. The van der Waals surface area contributed by atoms with Gasteiger partial charge in [0.05, 0.1) is 25.3 Å². The molecule has 5 nitrogen and oxygen atoms in total. The number of methoxy groups -OCH3 is 2. The predicted octanol–water partition coefficient (Wildman–Crippen LogP) is 2.00. The van der Waals surface area contributed by atoms with Gasteiger partial charge in [-0.2, -0.15) is 11.8 Å². The topological polar surface area (TPSA) is 62.3 Å². The van der Waals surface area contributed by atoms with Gasteiger partial charge in [0.2, 0.25) is 5.95 Å². The third kappa shape index (κ3) is 2.20. The van der Waals surface area contributed by atoms with Crippen LogP contribution in [0.1, 0.15) is 0 Å². The molecule has 0 unspecified atom stereocenters. The first-order valence-electron chi connectivity index (χ1n) is 5.58. The van der Waals surface area contributed by atoms with Crippen molar-refractivity contribution in [2.75, 3.05) is 32.0 Å². The summed E-state index contributed by atoms with van der Waals surface area (Å²) < 4.78 is 12.6. The Kier molecular flexibility index (Phi) is 3.86. The van der Waals surface area contributed by atoms with Gasteiger partial charge in [0.15, 0.2) is 11.5 Å². The molecule has 2 N–H and O–H groups in total. The fraction of sp³-hybridized carbons (Fsp3) is 0.417. The molecule has 0 atom stereocenters. The third-order valence-electron chi connectivity index (χ3n) is 2.80. The number of nitrogens with zero attached hydrogens (tertiary/aromatic N) is 2. The lowest BCUT2D eigenvalue weighted by Gasteiger charge is -2.09. The molecule has 0 aliphatic heterocycles. The molecule has 1 heterocycles. The highest BCUT2D eigenvalue weighted by Crippen LogP contribution is 2.32. The minimum atomic E-state index is 0.523. The maximum absolute atomic E-state index is 5.94. The molecule has 6 heteroatoms. The lowest BCUT2D eigenvalue weighted by atomic mass is 10.2. The van der Waals surface area contributed by atoms with Crippen molar-refractivity contribution in [3.8, 4) is 11.5 Å². The summed E-state index contributed by atoms with van der Waals surface area (Å²) in [7, 11) is 3.23. The van der Waals surface area contributed by atoms with Crippen LogP contribution in [0.15, 0.2) is 12.1 Å². The zero-order chi connectivity index (χ0) is 13.1. The van der Waals surface area contributed by atoms with E-state index in [9.17, 15) is 0 Å². The number of nitrogens with two attached hydrogens (primary N) is 1. The highest BCUT2D eigenvalue weighted by molar-refractivity contribution is 7.98. The molecule has 0 saturated carbocycles. The molecule has 2 aromatic rings. The molecule has 0 aliphatic carbocycles. The van der Waals surface area contributed by atoms with Gasteiger partial charge in [-0.15, -0.1) is 0 Å². The molecule has 18 heavy (non-hydrogen) atoms. The van der Waals surface area contributed by atoms with Crippen LogP contribution in [0.5, 0.6) is 11.5 Å². The number of anilines is 1. The molecule has 98 valence electrons. The van der Waals surface area contributed by atoms with Crippen LogP contribution in [0.2, 0.25) is 0 Å². The van der Waals surface area contributed by atoms with Crippen LogP contribution in [-0.4, -0.2) is 35.8 Å². The zero-order valence-electron chi connectivity index (χ0n) is 10.8. The average molecular weight is 267 g/mol. The molecule has 0 spiro atoms. The second-order valence-electron chi connectivity index (χ2n) is 3.81. The molecule has 0 bridgehead atoms. The van der Waals surface area contributed by atoms with E-state index in [4.69, 9.17) is 15.2 Å². The minimum Gasteiger partial charge on any atom is -0.493 e. The van der Waals surface area contributed by atoms with Gasteiger partial charge in [-0.05, 0) is 6.26 Å². The Morgan fingerprint density at radius 3 is 2.56 bits per heavy atom. The van der Waals surface area contributed by atoms with Crippen molar-refractivity contribution < 1.29 is 9.47 Å². The van der Waals surface area contributed by atoms with Crippen LogP contribution >= 0.6 is 11.8 Å². The Labute approximate surface area is 110 Å². The molecule has 0 amide bonds. The average Bonchev–Trinajstić information content (AvgIpc) is 2.69. The summed E-state index contributed by atoms with van der Waals surface area (Å²) in [5.41, 5.74) is 7.73. The van der Waals surface area contributed by atoms with E-state index in [1.54, 1.807) is 26.0 Å². The number of thioether (sulfide) groups is 1. The largest absolute Gasteiger partial charge is 0.493 e. The van der Waals surface area contributed by atoms with Gasteiger partial charge in [-0.1, -0.05) is 0 Å². The summed E-state index contributed by atoms with van der Waals surface area (Å²) in [4.78, 5) is 4.35. The highest BCUT2D eigenvalue weighted by Gasteiger charge is 2.13. The van der Waals surface area contributed by atoms with Crippen LogP contribution in [0.3, 0.4) is 0 Å². The van der Waals surface area contributed by atoms with Gasteiger partial charge in [-0.3, -0.25) is 0 Å². The number of hydrogen-bond acceptors (Lipinski definition) is 5. The van der Waals surface area contributed by atoms with Crippen LogP contribution in [0.4, 0.5) is 5.95 Å². The van der Waals surface area contributed by atoms with Gasteiger partial charge in [0.25, 0.3) is 0 Å². The van der Waals surface area contributed by atoms with Gasteiger partial charge in [0, 0.05) is 24.4 Å². The molecular weight excluding hydrogens is 250 g/mol. The SMILES string of the molecule is COc1cc2nc(N)n(CCSC)c2cc1OC. The van der Waals surface area contributed by atoms with Gasteiger partial charge < -0.3 is 19.8 Å². The van der Waals surface area contributed by atoms with Crippen LogP contribution < -0.4 is 15.2 Å². The van der Waals surface area contributed by atoms with Crippen molar-refractivity contribution in [2.24, 2.45) is 0 Å². The third-order valence-corrected chi connectivity index (χ3v) is 3.39. The first-order chi connectivity index (χ1) is 8.71. The highest BCUT2D eigenvalue weighted by atomic mass is 32.2. The van der Waals surface area contributed by atoms with E-state index < -0.39 is 0 Å². The van der Waals surface area contributed by atoms with E-state index in [0.29, 0.717) is 17.4 Å². The molecule has 1 aromatic carbocycles. The maximum atomic E-state index is 5.94. The fourth-order valence-corrected chi connectivity index (χ4v) is 2.25. The lowest BCUT2D eigenvalue weighted by molar-refractivity contribution is 0.355. The van der Waals surface area contributed by atoms with Crippen molar-refractivity contribution in [1.29, 1.82) is 0 Å². The number of fused-ring (bicyclic) bond motifs is 1. The summed E-state index contributed by atoms with van der Waals surface area (Å²) >= 11 is 1.77. The van der Waals surface area contributed by atoms with Crippen molar-refractivity contribution in [3.63, 3.8) is 0 Å². The monoisotopic (exact) mass is 267 g/mol. The number of aryl methyl sites for hydroxylation is 1. The number of ether oxygens (including phenoxy) is 2. The van der Waals surface area contributed by atoms with E-state index in [1.807, 2.05) is 16.7 Å². The van der Waals surface area contributed by atoms with Crippen molar-refractivity contribution in [1.82, 2.24) is 9.55 Å². The minimum absolute atomic E-state index is 0.523. The molecule has 0 aliphatic rings. The number of benzene rings is 1. The quantitative estimate of drug-likeness (QED) is 0.897. The zero-order valence-corrected chi connectivity index (χ0v) is 11.6. The van der Waals surface area contributed by atoms with Crippen molar-refractivity contribution in [3.05, 3.63) is 12.1 Å². The second-order valence-corrected chi connectivity index (χ2v) is 4.80. The fourth-order valence-electron chi connectivity index (χ4n) is 1.89. The van der Waals surface area contributed by atoms with Gasteiger partial charge >= 0.3 is 0 Å². The molecular formula is C12H17N3O2S. The van der Waals surface area contributed by atoms with Gasteiger partial charge in [-0.25, -0.2) is 4.98 Å². The summed E-state index contributed by atoms with van der Waals surface area (Å²) in [5, 5.41) is 0. The Hall–Kier alpha value is -1.56.